The van der Waals surface area contributed by atoms with Crippen LogP contribution in [0, 0.1) is 0 Å². The van der Waals surface area contributed by atoms with Gasteiger partial charge < -0.3 is 0 Å². The summed E-state index contributed by atoms with van der Waals surface area (Å²) in [5.41, 5.74) is 5.55. The van der Waals surface area contributed by atoms with E-state index in [1.165, 1.54) is 0 Å². The lowest BCUT2D eigenvalue weighted by molar-refractivity contribution is 1.29. The Morgan fingerprint density at radius 3 is 1.21 bits per heavy atom. The summed E-state index contributed by atoms with van der Waals surface area (Å²) in [6, 6.07) is 28.7. The number of hydrogen-bond donors (Lipinski definition) is 0. The Kier molecular flexibility index (Phi) is 4.46. The second-order valence-electron chi connectivity index (χ2n) is 6.52. The molecule has 0 unspecified atom stereocenters. The molecule has 0 saturated heterocycles. The monoisotopic (exact) mass is 488 g/mol. The molecule has 0 radical (unpaired) electrons. The first-order valence-electron chi connectivity index (χ1n) is 8.92. The smallest absolute Gasteiger partial charge is 0.105 e. The summed E-state index contributed by atoms with van der Waals surface area (Å²) < 4.78 is 1.93. The van der Waals surface area contributed by atoms with Gasteiger partial charge in [0.2, 0.25) is 0 Å². The summed E-state index contributed by atoms with van der Waals surface area (Å²) in [5.74, 6) is 0. The van der Waals surface area contributed by atoms with Gasteiger partial charge in [-0.1, -0.05) is 84.9 Å². The van der Waals surface area contributed by atoms with Crippen molar-refractivity contribution < 1.29 is 0 Å². The Balaban J connectivity index is 1.94. The molecule has 4 heteroatoms. The SMILES string of the molecule is Brc1c2ccccc2c(Br)c2nc(-c3ccccc3)c(-c3ccccc3)nc12. The minimum atomic E-state index is 0.851. The summed E-state index contributed by atoms with van der Waals surface area (Å²) in [6.07, 6.45) is 0. The van der Waals surface area contributed by atoms with Crippen molar-refractivity contribution in [3.63, 3.8) is 0 Å². The summed E-state index contributed by atoms with van der Waals surface area (Å²) in [4.78, 5) is 10.2. The second kappa shape index (κ2) is 7.12. The summed E-state index contributed by atoms with van der Waals surface area (Å²) >= 11 is 7.56. The maximum Gasteiger partial charge on any atom is 0.105 e. The lowest BCUT2D eigenvalue weighted by Crippen LogP contribution is -1.97. The molecule has 0 atom stereocenters. The van der Waals surface area contributed by atoms with E-state index in [9.17, 15) is 0 Å². The highest BCUT2D eigenvalue weighted by Gasteiger charge is 2.18. The van der Waals surface area contributed by atoms with E-state index in [-0.39, 0.29) is 0 Å². The number of fused-ring (bicyclic) bond motifs is 2. The van der Waals surface area contributed by atoms with Crippen molar-refractivity contribution in [3.05, 3.63) is 93.9 Å². The molecule has 0 spiro atoms. The fourth-order valence-corrected chi connectivity index (χ4v) is 4.70. The van der Waals surface area contributed by atoms with Gasteiger partial charge in [0, 0.05) is 11.1 Å². The van der Waals surface area contributed by atoms with Crippen molar-refractivity contribution in [2.75, 3.05) is 0 Å². The first kappa shape index (κ1) is 17.5. The van der Waals surface area contributed by atoms with Crippen molar-refractivity contribution in [2.24, 2.45) is 0 Å². The van der Waals surface area contributed by atoms with Crippen LogP contribution < -0.4 is 0 Å². The standard InChI is InChI=1S/C24H14Br2N2/c25-19-17-13-7-8-14-18(17)20(26)24-23(19)27-21(15-9-3-1-4-10-15)22(28-24)16-11-5-2-6-12-16/h1-14H. The van der Waals surface area contributed by atoms with Crippen LogP contribution in [0.2, 0.25) is 0 Å². The van der Waals surface area contributed by atoms with Crippen molar-refractivity contribution in [1.29, 1.82) is 0 Å². The van der Waals surface area contributed by atoms with E-state index in [4.69, 9.17) is 9.97 Å². The van der Waals surface area contributed by atoms with E-state index in [0.717, 1.165) is 53.3 Å². The lowest BCUT2D eigenvalue weighted by atomic mass is 10.0. The predicted molar refractivity (Wildman–Crippen MR) is 123 cm³/mol. The third-order valence-corrected chi connectivity index (χ3v) is 6.41. The minimum Gasteiger partial charge on any atom is -0.243 e. The van der Waals surface area contributed by atoms with Gasteiger partial charge in [-0.15, -0.1) is 0 Å². The van der Waals surface area contributed by atoms with Crippen LogP contribution >= 0.6 is 31.9 Å². The van der Waals surface area contributed by atoms with Crippen LogP contribution in [0.5, 0.6) is 0 Å². The van der Waals surface area contributed by atoms with Gasteiger partial charge in [-0.25, -0.2) is 9.97 Å². The molecule has 0 N–H and O–H groups in total. The van der Waals surface area contributed by atoms with E-state index >= 15 is 0 Å². The highest BCUT2D eigenvalue weighted by Crippen LogP contribution is 2.40. The van der Waals surface area contributed by atoms with Gasteiger partial charge in [0.25, 0.3) is 0 Å². The highest BCUT2D eigenvalue weighted by molar-refractivity contribution is 9.11. The first-order chi connectivity index (χ1) is 13.7. The Morgan fingerprint density at radius 1 is 0.464 bits per heavy atom. The van der Waals surface area contributed by atoms with E-state index < -0.39 is 0 Å². The normalized spacial score (nSPS) is 11.2. The first-order valence-corrected chi connectivity index (χ1v) is 10.5. The molecule has 1 aromatic heterocycles. The quantitative estimate of drug-likeness (QED) is 0.238. The molecule has 28 heavy (non-hydrogen) atoms. The number of hydrogen-bond acceptors (Lipinski definition) is 2. The molecule has 2 nitrogen and oxygen atoms in total. The van der Waals surface area contributed by atoms with E-state index in [1.807, 2.05) is 48.5 Å². The molecular weight excluding hydrogens is 476 g/mol. The van der Waals surface area contributed by atoms with E-state index in [0.29, 0.717) is 0 Å². The molecule has 0 aliphatic heterocycles. The average Bonchev–Trinajstić information content (AvgIpc) is 2.78. The fraction of sp³-hybridized carbons (Fsp3) is 0. The van der Waals surface area contributed by atoms with Crippen LogP contribution in [-0.2, 0) is 0 Å². The zero-order valence-corrected chi connectivity index (χ0v) is 17.9. The molecule has 4 aromatic carbocycles. The highest BCUT2D eigenvalue weighted by atomic mass is 79.9. The Labute approximate surface area is 179 Å². The van der Waals surface area contributed by atoms with Gasteiger partial charge in [0.05, 0.1) is 20.3 Å². The van der Waals surface area contributed by atoms with E-state index in [1.54, 1.807) is 0 Å². The summed E-state index contributed by atoms with van der Waals surface area (Å²) in [7, 11) is 0. The van der Waals surface area contributed by atoms with Gasteiger partial charge in [-0.2, -0.15) is 0 Å². The van der Waals surface area contributed by atoms with Crippen LogP contribution in [0.1, 0.15) is 0 Å². The Morgan fingerprint density at radius 2 is 0.821 bits per heavy atom. The van der Waals surface area contributed by atoms with Crippen molar-refractivity contribution in [1.82, 2.24) is 9.97 Å². The van der Waals surface area contributed by atoms with Crippen LogP contribution in [0.3, 0.4) is 0 Å². The topological polar surface area (TPSA) is 25.8 Å². The molecule has 1 heterocycles. The molecule has 0 saturated carbocycles. The fourth-order valence-electron chi connectivity index (χ4n) is 3.46. The largest absolute Gasteiger partial charge is 0.243 e. The van der Waals surface area contributed by atoms with Crippen molar-refractivity contribution in [3.8, 4) is 22.5 Å². The Bertz CT molecular complexity index is 1210. The molecule has 0 bridgehead atoms. The lowest BCUT2D eigenvalue weighted by Gasteiger charge is -2.14. The maximum atomic E-state index is 5.09. The third-order valence-electron chi connectivity index (χ3n) is 4.81. The van der Waals surface area contributed by atoms with Crippen molar-refractivity contribution >= 4 is 53.7 Å². The van der Waals surface area contributed by atoms with Crippen molar-refractivity contribution in [2.45, 2.75) is 0 Å². The summed E-state index contributed by atoms with van der Waals surface area (Å²) in [5, 5.41) is 2.23. The minimum absolute atomic E-state index is 0.851. The number of halogens is 2. The predicted octanol–water partition coefficient (Wildman–Crippen LogP) is 7.64. The summed E-state index contributed by atoms with van der Waals surface area (Å²) in [6.45, 7) is 0. The zero-order chi connectivity index (χ0) is 19.1. The Hall–Kier alpha value is -2.56. The van der Waals surface area contributed by atoms with Gasteiger partial charge >= 0.3 is 0 Å². The molecule has 0 aliphatic carbocycles. The van der Waals surface area contributed by atoms with Crippen LogP contribution in [0.25, 0.3) is 44.3 Å². The molecular formula is C24H14Br2N2. The van der Waals surface area contributed by atoms with Gasteiger partial charge in [0.15, 0.2) is 0 Å². The third kappa shape index (κ3) is 2.84. The maximum absolute atomic E-state index is 5.09. The van der Waals surface area contributed by atoms with Gasteiger partial charge in [0.1, 0.15) is 11.0 Å². The molecule has 0 aliphatic rings. The van der Waals surface area contributed by atoms with Crippen LogP contribution in [-0.4, -0.2) is 9.97 Å². The molecule has 134 valence electrons. The molecule has 0 amide bonds. The van der Waals surface area contributed by atoms with Crippen LogP contribution in [0.4, 0.5) is 0 Å². The zero-order valence-electron chi connectivity index (χ0n) is 14.7. The van der Waals surface area contributed by atoms with E-state index in [2.05, 4.69) is 68.3 Å². The molecule has 5 aromatic rings. The van der Waals surface area contributed by atoms with Gasteiger partial charge in [-0.3, -0.25) is 0 Å². The average molecular weight is 490 g/mol. The second-order valence-corrected chi connectivity index (χ2v) is 8.11. The van der Waals surface area contributed by atoms with Crippen LogP contribution in [0.15, 0.2) is 93.9 Å². The van der Waals surface area contributed by atoms with Gasteiger partial charge in [-0.05, 0) is 42.6 Å². The number of nitrogens with zero attached hydrogens (tertiary/aromatic N) is 2. The molecule has 5 rings (SSSR count). The number of aromatic nitrogens is 2. The molecule has 0 fully saturated rings. The number of benzene rings is 4. The number of rotatable bonds is 2.